The van der Waals surface area contributed by atoms with Gasteiger partial charge in [-0.1, -0.05) is 18.6 Å². The Bertz CT molecular complexity index is 117. The molecular formula is C10H21NS. The predicted molar refractivity (Wildman–Crippen MR) is 59.9 cm³/mol. The Balaban J connectivity index is 2.96. The van der Waals surface area contributed by atoms with Gasteiger partial charge in [-0.2, -0.15) is 11.8 Å². The molecular weight excluding hydrogens is 166 g/mol. The third-order valence-electron chi connectivity index (χ3n) is 1.50. The lowest BCUT2D eigenvalue weighted by Gasteiger charge is -2.00. The SMILES string of the molecule is CCSCCCNCC=C(C)C. The summed E-state index contributed by atoms with van der Waals surface area (Å²) < 4.78 is 0. The van der Waals surface area contributed by atoms with E-state index < -0.39 is 0 Å². The zero-order valence-corrected chi connectivity index (χ0v) is 9.34. The highest BCUT2D eigenvalue weighted by atomic mass is 32.2. The lowest BCUT2D eigenvalue weighted by Crippen LogP contribution is -2.15. The van der Waals surface area contributed by atoms with Gasteiger partial charge in [-0.25, -0.2) is 0 Å². The van der Waals surface area contributed by atoms with E-state index in [2.05, 4.69) is 32.2 Å². The molecule has 0 saturated heterocycles. The summed E-state index contributed by atoms with van der Waals surface area (Å²) in [6, 6.07) is 0. The van der Waals surface area contributed by atoms with Gasteiger partial charge in [-0.15, -0.1) is 0 Å². The average molecular weight is 187 g/mol. The fourth-order valence-electron chi connectivity index (χ4n) is 0.822. The maximum absolute atomic E-state index is 3.39. The lowest BCUT2D eigenvalue weighted by atomic mass is 10.3. The van der Waals surface area contributed by atoms with Crippen molar-refractivity contribution in [3.05, 3.63) is 11.6 Å². The first kappa shape index (κ1) is 12.0. The van der Waals surface area contributed by atoms with Crippen LogP contribution in [0.1, 0.15) is 27.2 Å². The number of thioether (sulfide) groups is 1. The molecule has 0 radical (unpaired) electrons. The van der Waals surface area contributed by atoms with Crippen LogP contribution in [0.4, 0.5) is 0 Å². The smallest absolute Gasteiger partial charge is 0.0137 e. The van der Waals surface area contributed by atoms with Crippen molar-refractivity contribution >= 4 is 11.8 Å². The monoisotopic (exact) mass is 187 g/mol. The summed E-state index contributed by atoms with van der Waals surface area (Å²) >= 11 is 2.02. The molecule has 1 N–H and O–H groups in total. The Labute approximate surface area is 81.0 Å². The molecule has 0 aliphatic heterocycles. The molecule has 0 atom stereocenters. The molecule has 2 heteroatoms. The van der Waals surface area contributed by atoms with Crippen LogP contribution in [-0.4, -0.2) is 24.6 Å². The maximum atomic E-state index is 3.39. The summed E-state index contributed by atoms with van der Waals surface area (Å²) in [5.74, 6) is 2.53. The molecule has 12 heavy (non-hydrogen) atoms. The summed E-state index contributed by atoms with van der Waals surface area (Å²) in [4.78, 5) is 0. The van der Waals surface area contributed by atoms with Gasteiger partial charge < -0.3 is 5.32 Å². The molecule has 0 saturated carbocycles. The topological polar surface area (TPSA) is 12.0 Å². The summed E-state index contributed by atoms with van der Waals surface area (Å²) in [6.45, 7) is 8.65. The Morgan fingerprint density at radius 3 is 2.75 bits per heavy atom. The van der Waals surface area contributed by atoms with Crippen LogP contribution in [0.15, 0.2) is 11.6 Å². The van der Waals surface area contributed by atoms with Crippen molar-refractivity contribution in [2.75, 3.05) is 24.6 Å². The highest BCUT2D eigenvalue weighted by molar-refractivity contribution is 7.99. The molecule has 0 rings (SSSR count). The highest BCUT2D eigenvalue weighted by Crippen LogP contribution is 1.99. The average Bonchev–Trinajstić information content (AvgIpc) is 2.02. The van der Waals surface area contributed by atoms with E-state index in [9.17, 15) is 0 Å². The van der Waals surface area contributed by atoms with Crippen molar-refractivity contribution in [2.24, 2.45) is 0 Å². The molecule has 0 unspecified atom stereocenters. The van der Waals surface area contributed by atoms with Crippen LogP contribution in [0.5, 0.6) is 0 Å². The van der Waals surface area contributed by atoms with Gasteiger partial charge in [0.2, 0.25) is 0 Å². The quantitative estimate of drug-likeness (QED) is 0.486. The third-order valence-corrected chi connectivity index (χ3v) is 2.49. The van der Waals surface area contributed by atoms with Gasteiger partial charge in [-0.05, 0) is 38.3 Å². The molecule has 0 aromatic heterocycles. The second-order valence-corrected chi connectivity index (χ2v) is 4.43. The molecule has 0 fully saturated rings. The highest BCUT2D eigenvalue weighted by Gasteiger charge is 1.86. The van der Waals surface area contributed by atoms with E-state index in [1.54, 1.807) is 0 Å². The van der Waals surface area contributed by atoms with Crippen LogP contribution in [0.25, 0.3) is 0 Å². The summed E-state index contributed by atoms with van der Waals surface area (Å²) in [5.41, 5.74) is 1.39. The van der Waals surface area contributed by atoms with Gasteiger partial charge in [-0.3, -0.25) is 0 Å². The minimum absolute atomic E-state index is 1.03. The zero-order chi connectivity index (χ0) is 9.23. The maximum Gasteiger partial charge on any atom is 0.0137 e. The van der Waals surface area contributed by atoms with Gasteiger partial charge >= 0.3 is 0 Å². The molecule has 0 aromatic carbocycles. The first-order valence-electron chi connectivity index (χ1n) is 4.69. The van der Waals surface area contributed by atoms with E-state index in [1.165, 1.54) is 23.5 Å². The molecule has 0 amide bonds. The number of rotatable bonds is 7. The standard InChI is InChI=1S/C10H21NS/c1-4-12-9-5-7-11-8-6-10(2)3/h6,11H,4-5,7-9H2,1-3H3. The first-order valence-corrected chi connectivity index (χ1v) is 5.84. The largest absolute Gasteiger partial charge is 0.313 e. The fraction of sp³-hybridized carbons (Fsp3) is 0.800. The van der Waals surface area contributed by atoms with Gasteiger partial charge in [0, 0.05) is 6.54 Å². The molecule has 0 aliphatic rings. The third kappa shape index (κ3) is 10.0. The minimum atomic E-state index is 1.03. The van der Waals surface area contributed by atoms with Crippen LogP contribution in [0.3, 0.4) is 0 Å². The number of hydrogen-bond donors (Lipinski definition) is 1. The van der Waals surface area contributed by atoms with E-state index in [-0.39, 0.29) is 0 Å². The lowest BCUT2D eigenvalue weighted by molar-refractivity contribution is 0.731. The van der Waals surface area contributed by atoms with Gasteiger partial charge in [0.15, 0.2) is 0 Å². The molecule has 72 valence electrons. The zero-order valence-electron chi connectivity index (χ0n) is 8.52. The Hall–Kier alpha value is 0.0500. The molecule has 0 heterocycles. The van der Waals surface area contributed by atoms with Crippen molar-refractivity contribution in [3.8, 4) is 0 Å². The molecule has 0 bridgehead atoms. The Morgan fingerprint density at radius 2 is 2.17 bits per heavy atom. The second kappa shape index (κ2) is 9.14. The van der Waals surface area contributed by atoms with E-state index in [0.717, 1.165) is 13.1 Å². The summed E-state index contributed by atoms with van der Waals surface area (Å²) in [5, 5.41) is 3.39. The van der Waals surface area contributed by atoms with Crippen molar-refractivity contribution in [3.63, 3.8) is 0 Å². The molecule has 0 aliphatic carbocycles. The van der Waals surface area contributed by atoms with Crippen LogP contribution in [-0.2, 0) is 0 Å². The van der Waals surface area contributed by atoms with Crippen molar-refractivity contribution < 1.29 is 0 Å². The number of hydrogen-bond acceptors (Lipinski definition) is 2. The minimum Gasteiger partial charge on any atom is -0.313 e. The van der Waals surface area contributed by atoms with Crippen molar-refractivity contribution in [2.45, 2.75) is 27.2 Å². The summed E-state index contributed by atoms with van der Waals surface area (Å²) in [6.07, 6.45) is 3.52. The normalized spacial score (nSPS) is 9.92. The van der Waals surface area contributed by atoms with Crippen molar-refractivity contribution in [1.82, 2.24) is 5.32 Å². The summed E-state index contributed by atoms with van der Waals surface area (Å²) in [7, 11) is 0. The number of nitrogens with one attached hydrogen (secondary N) is 1. The second-order valence-electron chi connectivity index (χ2n) is 3.04. The fourth-order valence-corrected chi connectivity index (χ4v) is 1.46. The van der Waals surface area contributed by atoms with E-state index >= 15 is 0 Å². The molecule has 1 nitrogen and oxygen atoms in total. The van der Waals surface area contributed by atoms with Gasteiger partial charge in [0.1, 0.15) is 0 Å². The van der Waals surface area contributed by atoms with Crippen molar-refractivity contribution in [1.29, 1.82) is 0 Å². The molecule has 0 aromatic rings. The van der Waals surface area contributed by atoms with Crippen LogP contribution in [0, 0.1) is 0 Å². The van der Waals surface area contributed by atoms with Gasteiger partial charge in [0.25, 0.3) is 0 Å². The van der Waals surface area contributed by atoms with Crippen LogP contribution >= 0.6 is 11.8 Å². The van der Waals surface area contributed by atoms with Crippen LogP contribution < -0.4 is 5.32 Å². The number of allylic oxidation sites excluding steroid dienone is 1. The van der Waals surface area contributed by atoms with E-state index in [1.807, 2.05) is 11.8 Å². The Morgan fingerprint density at radius 1 is 1.42 bits per heavy atom. The van der Waals surface area contributed by atoms with E-state index in [0.29, 0.717) is 0 Å². The first-order chi connectivity index (χ1) is 5.77. The van der Waals surface area contributed by atoms with E-state index in [4.69, 9.17) is 0 Å². The Kier molecular flexibility index (Phi) is 9.18. The van der Waals surface area contributed by atoms with Gasteiger partial charge in [0.05, 0.1) is 0 Å². The predicted octanol–water partition coefficient (Wildman–Crippen LogP) is 2.69. The molecule has 0 spiro atoms. The van der Waals surface area contributed by atoms with Crippen LogP contribution in [0.2, 0.25) is 0 Å².